The number of amides is 2. The number of carbonyl (C=O) groups is 2. The van der Waals surface area contributed by atoms with Gasteiger partial charge in [-0.3, -0.25) is 9.59 Å². The Labute approximate surface area is 130 Å². The Balaban J connectivity index is 1.91. The fourth-order valence-electron chi connectivity index (χ4n) is 2.61. The van der Waals surface area contributed by atoms with Gasteiger partial charge >= 0.3 is 0 Å². The maximum Gasteiger partial charge on any atom is 0.256 e. The van der Waals surface area contributed by atoms with Crippen molar-refractivity contribution in [1.82, 2.24) is 10.2 Å². The van der Waals surface area contributed by atoms with Crippen molar-refractivity contribution in [1.29, 1.82) is 0 Å². The lowest BCUT2D eigenvalue weighted by atomic mass is 9.95. The summed E-state index contributed by atoms with van der Waals surface area (Å²) in [5, 5.41) is 2.98. The van der Waals surface area contributed by atoms with Crippen LogP contribution in [0, 0.1) is 11.7 Å². The van der Waals surface area contributed by atoms with E-state index in [1.165, 1.54) is 12.1 Å². The van der Waals surface area contributed by atoms with Gasteiger partial charge in [-0.15, -0.1) is 0 Å². The smallest absolute Gasteiger partial charge is 0.256 e. The number of hydrogen-bond donors (Lipinski definition) is 1. The van der Waals surface area contributed by atoms with Crippen molar-refractivity contribution in [3.05, 3.63) is 35.6 Å². The molecule has 1 saturated heterocycles. The normalized spacial score (nSPS) is 17.1. The van der Waals surface area contributed by atoms with Crippen LogP contribution >= 0.6 is 0 Å². The maximum atomic E-state index is 13.7. The largest absolute Gasteiger partial charge is 0.353 e. The van der Waals surface area contributed by atoms with Gasteiger partial charge in [0.2, 0.25) is 5.91 Å². The van der Waals surface area contributed by atoms with E-state index in [4.69, 9.17) is 0 Å². The Morgan fingerprint density at radius 2 is 1.95 bits per heavy atom. The zero-order valence-corrected chi connectivity index (χ0v) is 13.1. The van der Waals surface area contributed by atoms with E-state index < -0.39 is 5.82 Å². The van der Waals surface area contributed by atoms with E-state index in [1.54, 1.807) is 17.0 Å². The molecule has 120 valence electrons. The molecule has 1 atom stereocenters. The Morgan fingerprint density at radius 1 is 1.32 bits per heavy atom. The van der Waals surface area contributed by atoms with E-state index in [1.807, 2.05) is 13.8 Å². The molecule has 2 amide bonds. The van der Waals surface area contributed by atoms with E-state index in [-0.39, 0.29) is 29.3 Å². The predicted molar refractivity (Wildman–Crippen MR) is 82.9 cm³/mol. The monoisotopic (exact) mass is 306 g/mol. The van der Waals surface area contributed by atoms with Crippen molar-refractivity contribution in [2.45, 2.75) is 39.2 Å². The van der Waals surface area contributed by atoms with Crippen molar-refractivity contribution in [2.75, 3.05) is 13.1 Å². The van der Waals surface area contributed by atoms with E-state index in [2.05, 4.69) is 5.32 Å². The number of carbonyl (C=O) groups excluding carboxylic acids is 2. The summed E-state index contributed by atoms with van der Waals surface area (Å²) in [5.41, 5.74) is 0.102. The second kappa shape index (κ2) is 7.38. The lowest BCUT2D eigenvalue weighted by Crippen LogP contribution is -2.44. The third-order valence-corrected chi connectivity index (χ3v) is 4.26. The summed E-state index contributed by atoms with van der Waals surface area (Å²) >= 11 is 0. The highest BCUT2D eigenvalue weighted by Crippen LogP contribution is 2.20. The first-order chi connectivity index (χ1) is 10.5. The summed E-state index contributed by atoms with van der Waals surface area (Å²) in [6, 6.07) is 6.18. The molecule has 0 aliphatic carbocycles. The van der Waals surface area contributed by atoms with Gasteiger partial charge in [-0.1, -0.05) is 19.1 Å². The summed E-state index contributed by atoms with van der Waals surface area (Å²) in [5.74, 6) is -0.783. The minimum absolute atomic E-state index is 0.0568. The van der Waals surface area contributed by atoms with Gasteiger partial charge in [-0.25, -0.2) is 4.39 Å². The first kappa shape index (κ1) is 16.5. The van der Waals surface area contributed by atoms with Crippen molar-refractivity contribution < 1.29 is 14.0 Å². The second-order valence-corrected chi connectivity index (χ2v) is 5.86. The Kier molecular flexibility index (Phi) is 5.52. The molecule has 0 aromatic heterocycles. The zero-order chi connectivity index (χ0) is 16.1. The van der Waals surface area contributed by atoms with Crippen molar-refractivity contribution >= 4 is 11.8 Å². The highest BCUT2D eigenvalue weighted by Gasteiger charge is 2.28. The van der Waals surface area contributed by atoms with Crippen molar-refractivity contribution in [3.63, 3.8) is 0 Å². The van der Waals surface area contributed by atoms with E-state index >= 15 is 0 Å². The minimum Gasteiger partial charge on any atom is -0.353 e. The molecule has 1 fully saturated rings. The van der Waals surface area contributed by atoms with Crippen LogP contribution in [-0.2, 0) is 4.79 Å². The van der Waals surface area contributed by atoms with Gasteiger partial charge in [-0.05, 0) is 38.3 Å². The standard InChI is InChI=1S/C17H23FN2O2/c1-3-12(2)19-16(21)13-8-10-20(11-9-13)17(22)14-6-4-5-7-15(14)18/h4-7,12-13H,3,8-11H2,1-2H3,(H,19,21)/t12-/m0/s1. The lowest BCUT2D eigenvalue weighted by molar-refractivity contribution is -0.126. The van der Waals surface area contributed by atoms with Gasteiger partial charge in [0, 0.05) is 25.0 Å². The summed E-state index contributed by atoms with van der Waals surface area (Å²) in [7, 11) is 0. The van der Waals surface area contributed by atoms with Crippen LogP contribution in [-0.4, -0.2) is 35.8 Å². The predicted octanol–water partition coefficient (Wildman–Crippen LogP) is 2.59. The number of benzene rings is 1. The van der Waals surface area contributed by atoms with Crippen molar-refractivity contribution in [2.24, 2.45) is 5.92 Å². The van der Waals surface area contributed by atoms with Gasteiger partial charge < -0.3 is 10.2 Å². The molecular formula is C17H23FN2O2. The molecule has 1 aliphatic heterocycles. The number of nitrogens with one attached hydrogen (secondary N) is 1. The van der Waals surface area contributed by atoms with Gasteiger partial charge in [0.25, 0.3) is 5.91 Å². The SMILES string of the molecule is CC[C@H](C)NC(=O)C1CCN(C(=O)c2ccccc2F)CC1. The molecule has 1 heterocycles. The van der Waals surface area contributed by atoms with Crippen LogP contribution < -0.4 is 5.32 Å². The molecule has 1 aromatic rings. The van der Waals surface area contributed by atoms with E-state index in [0.717, 1.165) is 6.42 Å². The van der Waals surface area contributed by atoms with Gasteiger partial charge in [0.15, 0.2) is 0 Å². The highest BCUT2D eigenvalue weighted by molar-refractivity contribution is 5.94. The fourth-order valence-corrected chi connectivity index (χ4v) is 2.61. The molecule has 0 saturated carbocycles. The second-order valence-electron chi connectivity index (χ2n) is 5.86. The van der Waals surface area contributed by atoms with E-state index in [9.17, 15) is 14.0 Å². The van der Waals surface area contributed by atoms with Crippen LogP contribution in [0.15, 0.2) is 24.3 Å². The molecular weight excluding hydrogens is 283 g/mol. The average Bonchev–Trinajstić information content (AvgIpc) is 2.54. The van der Waals surface area contributed by atoms with Crippen LogP contribution in [0.2, 0.25) is 0 Å². The first-order valence-corrected chi connectivity index (χ1v) is 7.87. The number of nitrogens with zero attached hydrogens (tertiary/aromatic N) is 1. The molecule has 1 aliphatic rings. The number of rotatable bonds is 4. The molecule has 0 unspecified atom stereocenters. The van der Waals surface area contributed by atoms with Gasteiger partial charge in [-0.2, -0.15) is 0 Å². The number of hydrogen-bond acceptors (Lipinski definition) is 2. The highest BCUT2D eigenvalue weighted by atomic mass is 19.1. The third kappa shape index (κ3) is 3.84. The summed E-state index contributed by atoms with van der Waals surface area (Å²) in [4.78, 5) is 26.0. The topological polar surface area (TPSA) is 49.4 Å². The Morgan fingerprint density at radius 3 is 2.55 bits per heavy atom. The molecule has 5 heteroatoms. The molecule has 1 N–H and O–H groups in total. The molecule has 0 spiro atoms. The third-order valence-electron chi connectivity index (χ3n) is 4.26. The molecule has 22 heavy (non-hydrogen) atoms. The van der Waals surface area contributed by atoms with Crippen LogP contribution in [0.5, 0.6) is 0 Å². The minimum atomic E-state index is -0.496. The number of likely N-dealkylation sites (tertiary alicyclic amines) is 1. The quantitative estimate of drug-likeness (QED) is 0.929. The summed E-state index contributed by atoms with van der Waals surface area (Å²) in [6.45, 7) is 4.99. The molecule has 0 radical (unpaired) electrons. The van der Waals surface area contributed by atoms with Crippen LogP contribution in [0.4, 0.5) is 4.39 Å². The van der Waals surface area contributed by atoms with E-state index in [0.29, 0.717) is 25.9 Å². The number of piperidine rings is 1. The van der Waals surface area contributed by atoms with Crippen LogP contribution in [0.3, 0.4) is 0 Å². The summed E-state index contributed by atoms with van der Waals surface area (Å²) < 4.78 is 13.7. The van der Waals surface area contributed by atoms with Crippen molar-refractivity contribution in [3.8, 4) is 0 Å². The average molecular weight is 306 g/mol. The zero-order valence-electron chi connectivity index (χ0n) is 13.1. The first-order valence-electron chi connectivity index (χ1n) is 7.87. The molecule has 1 aromatic carbocycles. The van der Waals surface area contributed by atoms with Gasteiger partial charge in [0.05, 0.1) is 5.56 Å². The summed E-state index contributed by atoms with van der Waals surface area (Å²) in [6.07, 6.45) is 2.15. The molecule has 2 rings (SSSR count). The number of halogens is 1. The van der Waals surface area contributed by atoms with Gasteiger partial charge in [0.1, 0.15) is 5.82 Å². The van der Waals surface area contributed by atoms with Crippen LogP contribution in [0.25, 0.3) is 0 Å². The fraction of sp³-hybridized carbons (Fsp3) is 0.529. The lowest BCUT2D eigenvalue weighted by Gasteiger charge is -2.32. The van der Waals surface area contributed by atoms with Crippen LogP contribution in [0.1, 0.15) is 43.5 Å². The molecule has 4 nitrogen and oxygen atoms in total. The Hall–Kier alpha value is -1.91. The maximum absolute atomic E-state index is 13.7. The molecule has 0 bridgehead atoms. The Bertz CT molecular complexity index is 539.